The smallest absolute Gasteiger partial charge is 0.141 e. The molecule has 0 bridgehead atoms. The highest BCUT2D eigenvalue weighted by Crippen LogP contribution is 2.31. The summed E-state index contributed by atoms with van der Waals surface area (Å²) in [6.07, 6.45) is 5.08. The zero-order chi connectivity index (χ0) is 17.4. The van der Waals surface area contributed by atoms with Crippen molar-refractivity contribution in [1.29, 1.82) is 5.26 Å². The van der Waals surface area contributed by atoms with Gasteiger partial charge in [-0.3, -0.25) is 4.40 Å². The molecule has 4 rings (SSSR count). The molecule has 0 aliphatic rings. The Labute approximate surface area is 147 Å². The van der Waals surface area contributed by atoms with E-state index in [9.17, 15) is 5.11 Å². The number of rotatable bonds is 4. The number of thiazole rings is 1. The van der Waals surface area contributed by atoms with Crippen LogP contribution in [0.1, 0.15) is 34.9 Å². The molecule has 7 nitrogen and oxygen atoms in total. The predicted octanol–water partition coefficient (Wildman–Crippen LogP) is 2.49. The number of aliphatic hydroxyl groups excluding tert-OH is 1. The fourth-order valence-electron chi connectivity index (χ4n) is 2.78. The van der Waals surface area contributed by atoms with Crippen molar-refractivity contribution in [2.45, 2.75) is 19.4 Å². The van der Waals surface area contributed by atoms with E-state index >= 15 is 0 Å². The molecule has 0 amide bonds. The molecule has 0 spiro atoms. The summed E-state index contributed by atoms with van der Waals surface area (Å²) in [5, 5.41) is 28.1. The Bertz CT molecular complexity index is 1090. The predicted molar refractivity (Wildman–Crippen MR) is 92.6 cm³/mol. The van der Waals surface area contributed by atoms with E-state index in [2.05, 4.69) is 28.3 Å². The Morgan fingerprint density at radius 3 is 3.08 bits per heavy atom. The van der Waals surface area contributed by atoms with Crippen molar-refractivity contribution >= 4 is 16.2 Å². The number of nitriles is 1. The van der Waals surface area contributed by atoms with Gasteiger partial charge in [0.1, 0.15) is 23.0 Å². The standard InChI is InChI=1S/C17H14N6OS/c1-2-14-16(22-10-19-8-15(22)25-14)17(24)13-9-23(21-20-13)12-5-3-4-11(6-12)7-18/h3-6,8-10,17,24H,2H2,1H3. The molecule has 8 heteroatoms. The van der Waals surface area contributed by atoms with Gasteiger partial charge in [-0.2, -0.15) is 5.26 Å². The quantitative estimate of drug-likeness (QED) is 0.610. The van der Waals surface area contributed by atoms with Crippen LogP contribution in [0.2, 0.25) is 0 Å². The van der Waals surface area contributed by atoms with Gasteiger partial charge in [0, 0.05) is 4.88 Å². The lowest BCUT2D eigenvalue weighted by atomic mass is 10.1. The first-order valence-electron chi connectivity index (χ1n) is 7.75. The molecule has 1 N–H and O–H groups in total. The number of aliphatic hydroxyl groups is 1. The van der Waals surface area contributed by atoms with Crippen LogP contribution in [0.3, 0.4) is 0 Å². The van der Waals surface area contributed by atoms with Crippen molar-refractivity contribution in [1.82, 2.24) is 24.4 Å². The molecule has 1 unspecified atom stereocenters. The Kier molecular flexibility index (Phi) is 3.80. The maximum atomic E-state index is 10.9. The highest BCUT2D eigenvalue weighted by Gasteiger charge is 2.23. The molecule has 3 aromatic heterocycles. The Hall–Kier alpha value is -3.02. The molecule has 4 aromatic rings. The second kappa shape index (κ2) is 6.12. The van der Waals surface area contributed by atoms with Crippen LogP contribution in [0.5, 0.6) is 0 Å². The van der Waals surface area contributed by atoms with Crippen LogP contribution in [0, 0.1) is 11.3 Å². The summed E-state index contributed by atoms with van der Waals surface area (Å²) >= 11 is 1.61. The fraction of sp³-hybridized carbons (Fsp3) is 0.176. The summed E-state index contributed by atoms with van der Waals surface area (Å²) in [4.78, 5) is 6.21. The number of fused-ring (bicyclic) bond motifs is 1. The largest absolute Gasteiger partial charge is 0.380 e. The summed E-state index contributed by atoms with van der Waals surface area (Å²) in [7, 11) is 0. The molecule has 0 saturated heterocycles. The topological polar surface area (TPSA) is 92.0 Å². The lowest BCUT2D eigenvalue weighted by molar-refractivity contribution is 0.208. The minimum Gasteiger partial charge on any atom is -0.380 e. The number of benzene rings is 1. The lowest BCUT2D eigenvalue weighted by Gasteiger charge is -2.08. The van der Waals surface area contributed by atoms with Crippen molar-refractivity contribution in [2.75, 3.05) is 0 Å². The van der Waals surface area contributed by atoms with Crippen molar-refractivity contribution in [2.24, 2.45) is 0 Å². The second-order valence-electron chi connectivity index (χ2n) is 5.52. The molecule has 0 radical (unpaired) electrons. The third-order valence-corrected chi connectivity index (χ3v) is 5.24. The van der Waals surface area contributed by atoms with Gasteiger partial charge in [0.05, 0.1) is 35.4 Å². The summed E-state index contributed by atoms with van der Waals surface area (Å²) in [6.45, 7) is 2.05. The molecule has 0 saturated carbocycles. The molecule has 0 fully saturated rings. The first kappa shape index (κ1) is 15.5. The summed E-state index contributed by atoms with van der Waals surface area (Å²) in [6, 6.07) is 9.17. The highest BCUT2D eigenvalue weighted by atomic mass is 32.1. The van der Waals surface area contributed by atoms with Crippen LogP contribution >= 0.6 is 11.3 Å². The maximum absolute atomic E-state index is 10.9. The first-order chi connectivity index (χ1) is 12.2. The van der Waals surface area contributed by atoms with Crippen LogP contribution in [-0.4, -0.2) is 29.5 Å². The van der Waals surface area contributed by atoms with Crippen LogP contribution < -0.4 is 0 Å². The molecular weight excluding hydrogens is 336 g/mol. The van der Waals surface area contributed by atoms with Gasteiger partial charge in [-0.25, -0.2) is 9.67 Å². The van der Waals surface area contributed by atoms with Crippen molar-refractivity contribution < 1.29 is 5.11 Å². The minimum absolute atomic E-state index is 0.450. The Morgan fingerprint density at radius 2 is 2.28 bits per heavy atom. The number of hydrogen-bond donors (Lipinski definition) is 1. The number of aryl methyl sites for hydroxylation is 1. The van der Waals surface area contributed by atoms with Crippen molar-refractivity contribution in [3.63, 3.8) is 0 Å². The lowest BCUT2D eigenvalue weighted by Crippen LogP contribution is -2.06. The van der Waals surface area contributed by atoms with Crippen LogP contribution in [0.25, 0.3) is 10.5 Å². The van der Waals surface area contributed by atoms with E-state index in [0.717, 1.165) is 27.5 Å². The molecule has 0 aliphatic heterocycles. The summed E-state index contributed by atoms with van der Waals surface area (Å²) < 4.78 is 3.45. The zero-order valence-corrected chi connectivity index (χ0v) is 14.2. The van der Waals surface area contributed by atoms with Crippen LogP contribution in [-0.2, 0) is 6.42 Å². The van der Waals surface area contributed by atoms with Crippen molar-refractivity contribution in [3.05, 3.63) is 64.8 Å². The summed E-state index contributed by atoms with van der Waals surface area (Å²) in [5.74, 6) is 0. The molecule has 0 aliphatic carbocycles. The van der Waals surface area contributed by atoms with E-state index in [4.69, 9.17) is 5.26 Å². The fourth-order valence-corrected chi connectivity index (χ4v) is 3.84. The molecule has 3 heterocycles. The number of imidazole rings is 1. The molecule has 124 valence electrons. The molecular formula is C17H14N6OS. The van der Waals surface area contributed by atoms with Gasteiger partial charge in [-0.1, -0.05) is 18.2 Å². The minimum atomic E-state index is -0.897. The third kappa shape index (κ3) is 2.59. The normalized spacial score (nSPS) is 12.4. The number of nitrogens with zero attached hydrogens (tertiary/aromatic N) is 6. The average molecular weight is 350 g/mol. The van der Waals surface area contributed by atoms with Gasteiger partial charge >= 0.3 is 0 Å². The van der Waals surface area contributed by atoms with Crippen LogP contribution in [0.4, 0.5) is 0 Å². The highest BCUT2D eigenvalue weighted by molar-refractivity contribution is 7.17. The van der Waals surface area contributed by atoms with Gasteiger partial charge in [0.25, 0.3) is 0 Å². The zero-order valence-electron chi connectivity index (χ0n) is 13.4. The number of hydrogen-bond acceptors (Lipinski definition) is 6. The van der Waals surface area contributed by atoms with Gasteiger partial charge in [-0.15, -0.1) is 16.4 Å². The van der Waals surface area contributed by atoms with Gasteiger partial charge in [0.15, 0.2) is 0 Å². The molecule has 1 atom stereocenters. The molecule has 1 aromatic carbocycles. The van der Waals surface area contributed by atoms with Crippen LogP contribution in [0.15, 0.2) is 43.0 Å². The van der Waals surface area contributed by atoms with Gasteiger partial charge in [-0.05, 0) is 24.6 Å². The summed E-state index contributed by atoms with van der Waals surface area (Å²) in [5.41, 5.74) is 2.49. The van der Waals surface area contributed by atoms with E-state index in [1.54, 1.807) is 52.9 Å². The van der Waals surface area contributed by atoms with E-state index < -0.39 is 6.10 Å². The van der Waals surface area contributed by atoms with Gasteiger partial charge in [0.2, 0.25) is 0 Å². The van der Waals surface area contributed by atoms with Gasteiger partial charge < -0.3 is 5.11 Å². The SMILES string of the molecule is CCc1sc2cncn2c1C(O)c1cn(-c2cccc(C#N)c2)nn1. The number of aromatic nitrogens is 5. The van der Waals surface area contributed by atoms with Crippen molar-refractivity contribution in [3.8, 4) is 11.8 Å². The second-order valence-corrected chi connectivity index (χ2v) is 6.63. The van der Waals surface area contributed by atoms with E-state index in [1.807, 2.05) is 10.5 Å². The Morgan fingerprint density at radius 1 is 1.40 bits per heavy atom. The molecule has 25 heavy (non-hydrogen) atoms. The average Bonchev–Trinajstić information content (AvgIpc) is 3.36. The van der Waals surface area contributed by atoms with E-state index in [1.165, 1.54) is 0 Å². The van der Waals surface area contributed by atoms with E-state index in [-0.39, 0.29) is 0 Å². The third-order valence-electron chi connectivity index (χ3n) is 3.99. The monoisotopic (exact) mass is 350 g/mol. The first-order valence-corrected chi connectivity index (χ1v) is 8.57. The maximum Gasteiger partial charge on any atom is 0.141 e. The van der Waals surface area contributed by atoms with E-state index in [0.29, 0.717) is 11.3 Å². The Balaban J connectivity index is 1.74.